The van der Waals surface area contributed by atoms with Crippen molar-refractivity contribution in [3.8, 4) is 0 Å². The Kier molecular flexibility index (Phi) is 4.73. The summed E-state index contributed by atoms with van der Waals surface area (Å²) < 4.78 is 1.94. The summed E-state index contributed by atoms with van der Waals surface area (Å²) in [6.07, 6.45) is 7.85. The van der Waals surface area contributed by atoms with Gasteiger partial charge in [-0.3, -0.25) is 4.79 Å². The standard InChI is InChI=1S/C16H27N3O/c1-4-12-6-8-14(9-7-12)18(3)16(20)15-10-13(17)11-19(15)5-2/h10-12,14H,4-9,17H2,1-3H3. The van der Waals surface area contributed by atoms with E-state index in [1.54, 1.807) is 6.07 Å². The number of carbonyl (C=O) groups excluding carboxylic acids is 1. The normalized spacial score (nSPS) is 22.8. The van der Waals surface area contributed by atoms with Crippen LogP contribution in [0.25, 0.3) is 0 Å². The van der Waals surface area contributed by atoms with Gasteiger partial charge in [-0.05, 0) is 44.6 Å². The van der Waals surface area contributed by atoms with Crippen LogP contribution in [0.3, 0.4) is 0 Å². The Morgan fingerprint density at radius 2 is 2.00 bits per heavy atom. The molecule has 0 atom stereocenters. The van der Waals surface area contributed by atoms with Crippen LogP contribution in [0.2, 0.25) is 0 Å². The van der Waals surface area contributed by atoms with Gasteiger partial charge in [-0.2, -0.15) is 0 Å². The average Bonchev–Trinajstić information content (AvgIpc) is 2.87. The van der Waals surface area contributed by atoms with Crippen molar-refractivity contribution in [3.05, 3.63) is 18.0 Å². The first-order valence-electron chi connectivity index (χ1n) is 7.79. The lowest BCUT2D eigenvalue weighted by Crippen LogP contribution is -2.40. The first kappa shape index (κ1) is 14.9. The molecular formula is C16H27N3O. The first-order valence-corrected chi connectivity index (χ1v) is 7.79. The van der Waals surface area contributed by atoms with E-state index in [0.717, 1.165) is 25.3 Å². The molecule has 1 heterocycles. The maximum atomic E-state index is 12.6. The number of nitrogen functional groups attached to an aromatic ring is 1. The zero-order chi connectivity index (χ0) is 14.7. The minimum absolute atomic E-state index is 0.100. The molecule has 4 nitrogen and oxygen atoms in total. The monoisotopic (exact) mass is 277 g/mol. The van der Waals surface area contributed by atoms with E-state index in [1.807, 2.05) is 29.6 Å². The molecule has 1 aliphatic carbocycles. The van der Waals surface area contributed by atoms with Gasteiger partial charge in [0.2, 0.25) is 0 Å². The fraction of sp³-hybridized carbons (Fsp3) is 0.688. The fourth-order valence-electron chi connectivity index (χ4n) is 3.26. The molecule has 0 bridgehead atoms. The summed E-state index contributed by atoms with van der Waals surface area (Å²) >= 11 is 0. The second-order valence-electron chi connectivity index (χ2n) is 5.94. The minimum Gasteiger partial charge on any atom is -0.397 e. The van der Waals surface area contributed by atoms with E-state index in [4.69, 9.17) is 5.73 Å². The van der Waals surface area contributed by atoms with Gasteiger partial charge in [0.15, 0.2) is 0 Å². The number of aryl methyl sites for hydroxylation is 1. The molecule has 0 saturated heterocycles. The van der Waals surface area contributed by atoms with E-state index in [2.05, 4.69) is 6.92 Å². The van der Waals surface area contributed by atoms with Gasteiger partial charge in [-0.1, -0.05) is 13.3 Å². The summed E-state index contributed by atoms with van der Waals surface area (Å²) in [5.74, 6) is 0.952. The lowest BCUT2D eigenvalue weighted by Gasteiger charge is -2.34. The predicted molar refractivity (Wildman–Crippen MR) is 82.6 cm³/mol. The lowest BCUT2D eigenvalue weighted by atomic mass is 9.84. The number of carbonyl (C=O) groups is 1. The third-order valence-corrected chi connectivity index (χ3v) is 4.74. The molecule has 1 aromatic rings. The third kappa shape index (κ3) is 3.00. The lowest BCUT2D eigenvalue weighted by molar-refractivity contribution is 0.0664. The Morgan fingerprint density at radius 3 is 2.55 bits per heavy atom. The number of amides is 1. The molecule has 0 aliphatic heterocycles. The highest BCUT2D eigenvalue weighted by Crippen LogP contribution is 2.29. The van der Waals surface area contributed by atoms with Gasteiger partial charge in [0.1, 0.15) is 5.69 Å². The zero-order valence-corrected chi connectivity index (χ0v) is 12.9. The molecule has 2 rings (SSSR count). The van der Waals surface area contributed by atoms with Crippen LogP contribution in [-0.4, -0.2) is 28.5 Å². The Balaban J connectivity index is 2.05. The summed E-state index contributed by atoms with van der Waals surface area (Å²) in [7, 11) is 1.93. The van der Waals surface area contributed by atoms with Crippen molar-refractivity contribution in [2.75, 3.05) is 12.8 Å². The summed E-state index contributed by atoms with van der Waals surface area (Å²) in [5.41, 5.74) is 7.19. The number of rotatable bonds is 4. The number of hydrogen-bond donors (Lipinski definition) is 1. The number of hydrogen-bond acceptors (Lipinski definition) is 2. The largest absolute Gasteiger partial charge is 0.397 e. The fourth-order valence-corrected chi connectivity index (χ4v) is 3.26. The summed E-state index contributed by atoms with van der Waals surface area (Å²) in [6.45, 7) is 5.06. The van der Waals surface area contributed by atoms with Crippen molar-refractivity contribution in [2.45, 2.75) is 58.5 Å². The highest BCUT2D eigenvalue weighted by molar-refractivity contribution is 5.93. The topological polar surface area (TPSA) is 51.3 Å². The van der Waals surface area contributed by atoms with Crippen molar-refractivity contribution in [1.82, 2.24) is 9.47 Å². The second kappa shape index (κ2) is 6.33. The number of nitrogens with zero attached hydrogens (tertiary/aromatic N) is 2. The van der Waals surface area contributed by atoms with Crippen LogP contribution in [0.15, 0.2) is 12.3 Å². The van der Waals surface area contributed by atoms with Gasteiger partial charge in [-0.15, -0.1) is 0 Å². The van der Waals surface area contributed by atoms with Crippen molar-refractivity contribution in [2.24, 2.45) is 5.92 Å². The summed E-state index contributed by atoms with van der Waals surface area (Å²) in [5, 5.41) is 0. The Morgan fingerprint density at radius 1 is 1.35 bits per heavy atom. The van der Waals surface area contributed by atoms with Crippen molar-refractivity contribution < 1.29 is 4.79 Å². The molecule has 2 N–H and O–H groups in total. The quantitative estimate of drug-likeness (QED) is 0.919. The summed E-state index contributed by atoms with van der Waals surface area (Å²) in [4.78, 5) is 14.6. The van der Waals surface area contributed by atoms with Crippen LogP contribution in [0.5, 0.6) is 0 Å². The van der Waals surface area contributed by atoms with Gasteiger partial charge in [0, 0.05) is 25.8 Å². The SMILES string of the molecule is CCC1CCC(N(C)C(=O)c2cc(N)cn2CC)CC1. The van der Waals surface area contributed by atoms with Crippen molar-refractivity contribution >= 4 is 11.6 Å². The van der Waals surface area contributed by atoms with Crippen LogP contribution >= 0.6 is 0 Å². The van der Waals surface area contributed by atoms with Crippen molar-refractivity contribution in [3.63, 3.8) is 0 Å². The molecule has 0 unspecified atom stereocenters. The van der Waals surface area contributed by atoms with Crippen LogP contribution in [0.4, 0.5) is 5.69 Å². The Labute approximate surface area is 121 Å². The minimum atomic E-state index is 0.100. The van der Waals surface area contributed by atoms with Gasteiger partial charge >= 0.3 is 0 Å². The molecule has 1 saturated carbocycles. The highest BCUT2D eigenvalue weighted by atomic mass is 16.2. The predicted octanol–water partition coefficient (Wildman–Crippen LogP) is 3.13. The van der Waals surface area contributed by atoms with E-state index in [1.165, 1.54) is 19.3 Å². The van der Waals surface area contributed by atoms with E-state index in [9.17, 15) is 4.79 Å². The average molecular weight is 277 g/mol. The van der Waals surface area contributed by atoms with Crippen LogP contribution < -0.4 is 5.73 Å². The Bertz CT molecular complexity index is 458. The van der Waals surface area contributed by atoms with Crippen LogP contribution in [-0.2, 0) is 6.54 Å². The van der Waals surface area contributed by atoms with Gasteiger partial charge < -0.3 is 15.2 Å². The molecule has 0 spiro atoms. The molecule has 0 radical (unpaired) electrons. The van der Waals surface area contributed by atoms with Crippen LogP contribution in [0, 0.1) is 5.92 Å². The molecule has 1 aliphatic rings. The van der Waals surface area contributed by atoms with Gasteiger partial charge in [0.05, 0.1) is 5.69 Å². The van der Waals surface area contributed by atoms with E-state index in [0.29, 0.717) is 17.4 Å². The van der Waals surface area contributed by atoms with E-state index >= 15 is 0 Å². The maximum absolute atomic E-state index is 12.6. The third-order valence-electron chi connectivity index (χ3n) is 4.74. The molecule has 1 aromatic heterocycles. The van der Waals surface area contributed by atoms with Crippen LogP contribution in [0.1, 0.15) is 56.4 Å². The number of aromatic nitrogens is 1. The van der Waals surface area contributed by atoms with Gasteiger partial charge in [-0.25, -0.2) is 0 Å². The number of anilines is 1. The smallest absolute Gasteiger partial charge is 0.270 e. The molecule has 1 amide bonds. The highest BCUT2D eigenvalue weighted by Gasteiger charge is 2.27. The summed E-state index contributed by atoms with van der Waals surface area (Å²) in [6, 6.07) is 2.17. The maximum Gasteiger partial charge on any atom is 0.270 e. The van der Waals surface area contributed by atoms with E-state index < -0.39 is 0 Å². The number of nitrogens with two attached hydrogens (primary N) is 1. The molecule has 4 heteroatoms. The molecule has 0 aromatic carbocycles. The molecule has 1 fully saturated rings. The second-order valence-corrected chi connectivity index (χ2v) is 5.94. The van der Waals surface area contributed by atoms with E-state index in [-0.39, 0.29) is 5.91 Å². The zero-order valence-electron chi connectivity index (χ0n) is 12.9. The first-order chi connectivity index (χ1) is 9.56. The molecule has 20 heavy (non-hydrogen) atoms. The van der Waals surface area contributed by atoms with Gasteiger partial charge in [0.25, 0.3) is 5.91 Å². The van der Waals surface area contributed by atoms with Crippen molar-refractivity contribution in [1.29, 1.82) is 0 Å². The molecular weight excluding hydrogens is 250 g/mol. The molecule has 112 valence electrons. The Hall–Kier alpha value is -1.45.